The average molecular weight is 495 g/mol. The zero-order valence-corrected chi connectivity index (χ0v) is 21.8. The molecule has 0 N–H and O–H groups in total. The molecular formula is C26H30N4O4S. The highest BCUT2D eigenvalue weighted by atomic mass is 32.2. The number of rotatable bonds is 6. The molecule has 0 aliphatic carbocycles. The van der Waals surface area contributed by atoms with E-state index in [0.717, 1.165) is 33.9 Å². The molecule has 0 spiro atoms. The smallest absolute Gasteiger partial charge is 0.336 e. The van der Waals surface area contributed by atoms with Gasteiger partial charge in [-0.25, -0.2) is 19.6 Å². The zero-order valence-electron chi connectivity index (χ0n) is 21.0. The fraction of sp³-hybridized carbons (Fsp3) is 0.423. The summed E-state index contributed by atoms with van der Waals surface area (Å²) in [5.41, 5.74) is 1.15. The summed E-state index contributed by atoms with van der Waals surface area (Å²) in [4.78, 5) is 47.9. The molecular weight excluding hydrogens is 464 g/mol. The van der Waals surface area contributed by atoms with Gasteiger partial charge < -0.3 is 4.42 Å². The minimum Gasteiger partial charge on any atom is -0.423 e. The molecule has 184 valence electrons. The van der Waals surface area contributed by atoms with Crippen LogP contribution >= 0.6 is 11.8 Å². The Morgan fingerprint density at radius 1 is 1.06 bits per heavy atom. The first kappa shape index (κ1) is 24.9. The Balaban J connectivity index is 1.92. The lowest BCUT2D eigenvalue weighted by atomic mass is 9.96. The fourth-order valence-corrected chi connectivity index (χ4v) is 4.97. The maximum atomic E-state index is 13.2. The SMILES string of the molecule is CCCn1c(=O)n(C)c(=O)c2c(SCc3cc(=O)oc4cc(CC)ccc34)nc(C(C)(C)C)nc21. The Morgan fingerprint density at radius 3 is 2.46 bits per heavy atom. The fourth-order valence-electron chi connectivity index (χ4n) is 3.96. The standard InChI is InChI=1S/C26H30N4O4S/c1-7-11-30-21-20(23(32)29(6)25(30)33)22(28-24(27-21)26(3,4)5)35-14-16-13-19(31)34-18-12-15(8-2)9-10-17(16)18/h9-10,12-13H,7-8,11,14H2,1-6H3. The van der Waals surface area contributed by atoms with Crippen molar-refractivity contribution >= 4 is 33.8 Å². The Hall–Kier alpha value is -3.20. The summed E-state index contributed by atoms with van der Waals surface area (Å²) in [5.74, 6) is 0.953. The number of nitrogens with zero attached hydrogens (tertiary/aromatic N) is 4. The van der Waals surface area contributed by atoms with Crippen LogP contribution in [-0.2, 0) is 31.2 Å². The third-order valence-electron chi connectivity index (χ3n) is 5.93. The van der Waals surface area contributed by atoms with Crippen molar-refractivity contribution in [1.82, 2.24) is 19.1 Å². The van der Waals surface area contributed by atoms with Crippen molar-refractivity contribution in [2.75, 3.05) is 0 Å². The molecule has 0 aliphatic rings. The summed E-state index contributed by atoms with van der Waals surface area (Å²) in [6.45, 7) is 10.4. The van der Waals surface area contributed by atoms with Gasteiger partial charge in [0.2, 0.25) is 0 Å². The number of thioether (sulfide) groups is 1. The van der Waals surface area contributed by atoms with Gasteiger partial charge in [-0.15, -0.1) is 11.8 Å². The summed E-state index contributed by atoms with van der Waals surface area (Å²) in [7, 11) is 1.48. The lowest BCUT2D eigenvalue weighted by molar-refractivity contribution is 0.535. The first-order valence-electron chi connectivity index (χ1n) is 11.8. The first-order valence-corrected chi connectivity index (χ1v) is 12.7. The van der Waals surface area contributed by atoms with Crippen LogP contribution < -0.4 is 16.9 Å². The van der Waals surface area contributed by atoms with E-state index in [0.29, 0.717) is 39.8 Å². The van der Waals surface area contributed by atoms with E-state index in [2.05, 4.69) is 4.98 Å². The van der Waals surface area contributed by atoms with Crippen molar-refractivity contribution < 1.29 is 4.42 Å². The predicted octanol–water partition coefficient (Wildman–Crippen LogP) is 4.16. The second-order valence-electron chi connectivity index (χ2n) is 9.66. The van der Waals surface area contributed by atoms with Crippen molar-refractivity contribution in [2.24, 2.45) is 7.05 Å². The largest absolute Gasteiger partial charge is 0.423 e. The highest BCUT2D eigenvalue weighted by Crippen LogP contribution is 2.31. The van der Waals surface area contributed by atoms with Crippen LogP contribution in [0.15, 0.2) is 48.1 Å². The minimum absolute atomic E-state index is 0.319. The van der Waals surface area contributed by atoms with Crippen molar-refractivity contribution in [2.45, 2.75) is 70.2 Å². The van der Waals surface area contributed by atoms with E-state index in [4.69, 9.17) is 9.40 Å². The van der Waals surface area contributed by atoms with E-state index in [1.165, 1.54) is 24.9 Å². The highest BCUT2D eigenvalue weighted by Gasteiger charge is 2.24. The Labute approximate surface area is 207 Å². The van der Waals surface area contributed by atoms with Crippen molar-refractivity contribution in [3.63, 3.8) is 0 Å². The van der Waals surface area contributed by atoms with Crippen LogP contribution in [0.5, 0.6) is 0 Å². The van der Waals surface area contributed by atoms with Gasteiger partial charge in [0.15, 0.2) is 5.65 Å². The van der Waals surface area contributed by atoms with Gasteiger partial charge in [0.05, 0.1) is 0 Å². The van der Waals surface area contributed by atoms with E-state index >= 15 is 0 Å². The molecule has 4 aromatic rings. The molecule has 0 radical (unpaired) electrons. The van der Waals surface area contributed by atoms with E-state index in [-0.39, 0.29) is 0 Å². The minimum atomic E-state index is -0.426. The van der Waals surface area contributed by atoms with Gasteiger partial charge in [0.1, 0.15) is 21.8 Å². The normalized spacial score (nSPS) is 12.1. The number of aryl methyl sites for hydroxylation is 2. The third-order valence-corrected chi connectivity index (χ3v) is 6.96. The number of fused-ring (bicyclic) bond motifs is 2. The van der Waals surface area contributed by atoms with Gasteiger partial charge in [-0.1, -0.05) is 46.8 Å². The molecule has 3 aromatic heterocycles. The molecule has 1 aromatic carbocycles. The van der Waals surface area contributed by atoms with Gasteiger partial charge in [-0.05, 0) is 30.0 Å². The summed E-state index contributed by atoms with van der Waals surface area (Å²) in [5, 5.41) is 1.66. The molecule has 0 bridgehead atoms. The van der Waals surface area contributed by atoms with E-state index in [1.54, 1.807) is 4.57 Å². The summed E-state index contributed by atoms with van der Waals surface area (Å²) < 4.78 is 8.10. The molecule has 35 heavy (non-hydrogen) atoms. The van der Waals surface area contributed by atoms with Crippen LogP contribution in [0.1, 0.15) is 58.0 Å². The molecule has 9 heteroatoms. The monoisotopic (exact) mass is 494 g/mol. The topological polar surface area (TPSA) is 100.0 Å². The molecule has 0 amide bonds. The Bertz CT molecular complexity index is 1610. The van der Waals surface area contributed by atoms with E-state index in [1.807, 2.05) is 52.8 Å². The lowest BCUT2D eigenvalue weighted by Gasteiger charge is -2.20. The second kappa shape index (κ2) is 9.45. The van der Waals surface area contributed by atoms with Crippen LogP contribution in [0.25, 0.3) is 22.0 Å². The molecule has 0 saturated carbocycles. The molecule has 0 saturated heterocycles. The van der Waals surface area contributed by atoms with Crippen LogP contribution in [0, 0.1) is 0 Å². The molecule has 4 rings (SSSR count). The zero-order chi connectivity index (χ0) is 25.5. The summed E-state index contributed by atoms with van der Waals surface area (Å²) in [6, 6.07) is 7.36. The average Bonchev–Trinajstić information content (AvgIpc) is 2.82. The quantitative estimate of drug-likeness (QED) is 0.225. The lowest BCUT2D eigenvalue weighted by Crippen LogP contribution is -2.39. The number of benzene rings is 1. The Kier molecular flexibility index (Phi) is 6.73. The van der Waals surface area contributed by atoms with Crippen molar-refractivity contribution in [1.29, 1.82) is 0 Å². The van der Waals surface area contributed by atoms with E-state index in [9.17, 15) is 14.4 Å². The predicted molar refractivity (Wildman–Crippen MR) is 139 cm³/mol. The van der Waals surface area contributed by atoms with Crippen LogP contribution in [0.4, 0.5) is 0 Å². The van der Waals surface area contributed by atoms with Gasteiger partial charge in [0, 0.05) is 36.2 Å². The molecule has 0 atom stereocenters. The van der Waals surface area contributed by atoms with Crippen LogP contribution in [0.3, 0.4) is 0 Å². The molecule has 0 fully saturated rings. The van der Waals surface area contributed by atoms with Gasteiger partial charge >= 0.3 is 11.3 Å². The van der Waals surface area contributed by atoms with Crippen molar-refractivity contribution in [3.05, 3.63) is 72.5 Å². The first-order chi connectivity index (χ1) is 16.5. The second-order valence-corrected chi connectivity index (χ2v) is 10.6. The maximum absolute atomic E-state index is 13.2. The third kappa shape index (κ3) is 4.69. The van der Waals surface area contributed by atoms with Gasteiger partial charge in [-0.2, -0.15) is 0 Å². The van der Waals surface area contributed by atoms with Crippen LogP contribution in [-0.4, -0.2) is 19.1 Å². The Morgan fingerprint density at radius 2 is 1.80 bits per heavy atom. The molecule has 8 nitrogen and oxygen atoms in total. The molecule has 0 unspecified atom stereocenters. The van der Waals surface area contributed by atoms with E-state index < -0.39 is 22.3 Å². The number of hydrogen-bond donors (Lipinski definition) is 0. The molecule has 0 aliphatic heterocycles. The number of hydrogen-bond acceptors (Lipinski definition) is 7. The summed E-state index contributed by atoms with van der Waals surface area (Å²) in [6.07, 6.45) is 1.56. The molecule has 3 heterocycles. The highest BCUT2D eigenvalue weighted by molar-refractivity contribution is 7.98. The van der Waals surface area contributed by atoms with Gasteiger partial charge in [-0.3, -0.25) is 13.9 Å². The summed E-state index contributed by atoms with van der Waals surface area (Å²) >= 11 is 1.36. The van der Waals surface area contributed by atoms with Crippen LogP contribution in [0.2, 0.25) is 0 Å². The maximum Gasteiger partial charge on any atom is 0.336 e. The van der Waals surface area contributed by atoms with Gasteiger partial charge in [0.25, 0.3) is 5.56 Å². The van der Waals surface area contributed by atoms with Crippen molar-refractivity contribution in [3.8, 4) is 0 Å². The number of aromatic nitrogens is 4.